The third kappa shape index (κ3) is 5.79. The van der Waals surface area contributed by atoms with Gasteiger partial charge in [-0.15, -0.1) is 0 Å². The molecule has 0 bridgehead atoms. The molecule has 1 fully saturated rings. The lowest BCUT2D eigenvalue weighted by atomic mass is 10.1. The minimum atomic E-state index is -1.36. The maximum absolute atomic E-state index is 12.3. The number of hydrogen-bond donors (Lipinski definition) is 1. The molecule has 3 rings (SSSR count). The number of Topliss-reactive ketones (excluding diaryl/α,β-unsaturated/α-hetero) is 1. The van der Waals surface area contributed by atoms with Crippen LogP contribution in [0, 0.1) is 10.1 Å². The topological polar surface area (TPSA) is 151 Å². The zero-order valence-corrected chi connectivity index (χ0v) is 17.5. The van der Waals surface area contributed by atoms with Crippen molar-refractivity contribution in [3.05, 3.63) is 81.5 Å². The average Bonchev–Trinajstić information content (AvgIpc) is 2.76. The Morgan fingerprint density at radius 3 is 2.36 bits per heavy atom. The van der Waals surface area contributed by atoms with E-state index in [1.165, 1.54) is 50.2 Å². The molecule has 11 nitrogen and oxygen atoms in total. The number of ether oxygens (including phenoxy) is 3. The lowest BCUT2D eigenvalue weighted by Gasteiger charge is -2.29. The number of nitro benzene ring substituents is 1. The van der Waals surface area contributed by atoms with E-state index < -0.39 is 41.0 Å². The highest BCUT2D eigenvalue weighted by molar-refractivity contribution is 6.15. The quantitative estimate of drug-likeness (QED) is 0.165. The van der Waals surface area contributed by atoms with Crippen molar-refractivity contribution in [1.29, 1.82) is 0 Å². The molecule has 33 heavy (non-hydrogen) atoms. The molecule has 0 aliphatic carbocycles. The summed E-state index contributed by atoms with van der Waals surface area (Å²) in [6, 6.07) is 11.0. The summed E-state index contributed by atoms with van der Waals surface area (Å²) in [5.41, 5.74) is -0.153. The molecule has 0 spiro atoms. The number of carbonyl (C=O) groups is 4. The van der Waals surface area contributed by atoms with Gasteiger partial charge in [0.05, 0.1) is 10.5 Å². The normalized spacial score (nSPS) is 14.5. The third-order valence-electron chi connectivity index (χ3n) is 4.31. The van der Waals surface area contributed by atoms with Crippen LogP contribution in [0.25, 0.3) is 0 Å². The Balaban J connectivity index is 1.63. The Labute approximate surface area is 187 Å². The molecule has 0 atom stereocenters. The van der Waals surface area contributed by atoms with Crippen molar-refractivity contribution in [2.24, 2.45) is 0 Å². The van der Waals surface area contributed by atoms with Crippen molar-refractivity contribution in [3.8, 4) is 0 Å². The molecule has 0 amide bonds. The van der Waals surface area contributed by atoms with Crippen LogP contribution in [0.3, 0.4) is 0 Å². The predicted molar refractivity (Wildman–Crippen MR) is 112 cm³/mol. The van der Waals surface area contributed by atoms with Gasteiger partial charge in [0, 0.05) is 43.4 Å². The van der Waals surface area contributed by atoms with Crippen LogP contribution >= 0.6 is 0 Å². The van der Waals surface area contributed by atoms with Gasteiger partial charge in [-0.25, -0.2) is 14.4 Å². The Kier molecular flexibility index (Phi) is 6.52. The van der Waals surface area contributed by atoms with Crippen molar-refractivity contribution in [3.63, 3.8) is 0 Å². The molecule has 170 valence electrons. The van der Waals surface area contributed by atoms with Crippen LogP contribution in [0.15, 0.2) is 60.3 Å². The second-order valence-corrected chi connectivity index (χ2v) is 7.27. The van der Waals surface area contributed by atoms with Crippen LogP contribution in [-0.4, -0.2) is 41.0 Å². The van der Waals surface area contributed by atoms with Crippen molar-refractivity contribution in [2.75, 3.05) is 11.9 Å². The average molecular weight is 454 g/mol. The number of non-ortho nitro benzene ring substituents is 1. The SMILES string of the molecule is CC1(C)OC(=O)C(=CNc2cccc(C(=O)OCC(=O)c3cccc([N+](=O)[O-])c3)c2)C(=O)O1. The monoisotopic (exact) mass is 454 g/mol. The van der Waals surface area contributed by atoms with Gasteiger partial charge in [-0.2, -0.15) is 0 Å². The van der Waals surface area contributed by atoms with E-state index in [0.717, 1.165) is 12.3 Å². The van der Waals surface area contributed by atoms with Crippen LogP contribution < -0.4 is 5.32 Å². The Bertz CT molecular complexity index is 1160. The Hall–Kier alpha value is -4.54. The molecule has 1 aliphatic heterocycles. The summed E-state index contributed by atoms with van der Waals surface area (Å²) in [5.74, 6) is -4.51. The number of hydrogen-bond acceptors (Lipinski definition) is 10. The van der Waals surface area contributed by atoms with E-state index in [1.54, 1.807) is 6.07 Å². The lowest BCUT2D eigenvalue weighted by Crippen LogP contribution is -2.42. The molecule has 11 heteroatoms. The van der Waals surface area contributed by atoms with Crippen molar-refractivity contribution in [2.45, 2.75) is 19.6 Å². The molecule has 0 unspecified atom stereocenters. The largest absolute Gasteiger partial charge is 0.454 e. The maximum atomic E-state index is 12.3. The maximum Gasteiger partial charge on any atom is 0.350 e. The summed E-state index contributed by atoms with van der Waals surface area (Å²) < 4.78 is 15.0. The number of nitrogens with one attached hydrogen (secondary N) is 1. The number of ketones is 1. The van der Waals surface area contributed by atoms with Gasteiger partial charge in [-0.3, -0.25) is 14.9 Å². The summed E-state index contributed by atoms with van der Waals surface area (Å²) in [6.07, 6.45) is 1.09. The van der Waals surface area contributed by atoms with Gasteiger partial charge in [0.1, 0.15) is 0 Å². The minimum Gasteiger partial charge on any atom is -0.454 e. The summed E-state index contributed by atoms with van der Waals surface area (Å²) in [6.45, 7) is 2.23. The molecule has 1 saturated heterocycles. The molecular weight excluding hydrogens is 436 g/mol. The van der Waals surface area contributed by atoms with E-state index >= 15 is 0 Å². The number of esters is 3. The highest BCUT2D eigenvalue weighted by Gasteiger charge is 2.38. The minimum absolute atomic E-state index is 0.0356. The fourth-order valence-corrected chi connectivity index (χ4v) is 2.76. The second-order valence-electron chi connectivity index (χ2n) is 7.27. The molecule has 0 aromatic heterocycles. The Morgan fingerprint density at radius 1 is 1.06 bits per heavy atom. The summed E-state index contributed by atoms with van der Waals surface area (Å²) in [7, 11) is 0. The molecule has 2 aromatic rings. The van der Waals surface area contributed by atoms with Crippen LogP contribution in [-0.2, 0) is 23.8 Å². The second kappa shape index (κ2) is 9.30. The van der Waals surface area contributed by atoms with E-state index in [0.29, 0.717) is 5.69 Å². The van der Waals surface area contributed by atoms with E-state index in [-0.39, 0.29) is 22.4 Å². The van der Waals surface area contributed by atoms with Gasteiger partial charge in [0.25, 0.3) is 11.5 Å². The summed E-state index contributed by atoms with van der Waals surface area (Å²) >= 11 is 0. The number of rotatable bonds is 7. The molecule has 0 radical (unpaired) electrons. The summed E-state index contributed by atoms with van der Waals surface area (Å²) in [4.78, 5) is 58.6. The van der Waals surface area contributed by atoms with Crippen LogP contribution in [0.1, 0.15) is 34.6 Å². The van der Waals surface area contributed by atoms with Crippen LogP contribution in [0.5, 0.6) is 0 Å². The lowest BCUT2D eigenvalue weighted by molar-refractivity contribution is -0.384. The molecule has 1 aliphatic rings. The zero-order chi connectivity index (χ0) is 24.2. The van der Waals surface area contributed by atoms with Gasteiger partial charge < -0.3 is 19.5 Å². The van der Waals surface area contributed by atoms with Crippen molar-refractivity contribution >= 4 is 35.1 Å². The number of benzene rings is 2. The van der Waals surface area contributed by atoms with Crippen LogP contribution in [0.4, 0.5) is 11.4 Å². The molecule has 1 heterocycles. The molecule has 0 saturated carbocycles. The van der Waals surface area contributed by atoms with E-state index in [2.05, 4.69) is 5.32 Å². The smallest absolute Gasteiger partial charge is 0.350 e. The van der Waals surface area contributed by atoms with Gasteiger partial charge in [-0.05, 0) is 18.2 Å². The molecule has 1 N–H and O–H groups in total. The standard InChI is InChI=1S/C22H18N2O9/c1-22(2)32-20(27)17(21(28)33-22)11-23-15-7-3-6-14(9-15)19(26)31-12-18(25)13-5-4-8-16(10-13)24(29)30/h3-11,23H,12H2,1-2H3. The zero-order valence-electron chi connectivity index (χ0n) is 17.5. The fourth-order valence-electron chi connectivity index (χ4n) is 2.76. The first-order valence-electron chi connectivity index (χ1n) is 9.54. The highest BCUT2D eigenvalue weighted by Crippen LogP contribution is 2.23. The van der Waals surface area contributed by atoms with E-state index in [1.807, 2.05) is 0 Å². The number of carbonyl (C=O) groups excluding carboxylic acids is 4. The fraction of sp³-hybridized carbons (Fsp3) is 0.182. The van der Waals surface area contributed by atoms with Crippen LogP contribution in [0.2, 0.25) is 0 Å². The van der Waals surface area contributed by atoms with Gasteiger partial charge in [0.2, 0.25) is 5.78 Å². The van der Waals surface area contributed by atoms with Gasteiger partial charge in [0.15, 0.2) is 12.2 Å². The number of nitro groups is 1. The van der Waals surface area contributed by atoms with E-state index in [9.17, 15) is 29.3 Å². The first kappa shape index (κ1) is 23.1. The molecule has 2 aromatic carbocycles. The number of nitrogens with zero attached hydrogens (tertiary/aromatic N) is 1. The Morgan fingerprint density at radius 2 is 1.70 bits per heavy atom. The first-order valence-corrected chi connectivity index (χ1v) is 9.54. The van der Waals surface area contributed by atoms with Crippen molar-refractivity contribution < 1.29 is 38.3 Å². The first-order chi connectivity index (χ1) is 15.6. The van der Waals surface area contributed by atoms with Crippen molar-refractivity contribution in [1.82, 2.24) is 0 Å². The predicted octanol–water partition coefficient (Wildman–Crippen LogP) is 2.77. The third-order valence-corrected chi connectivity index (χ3v) is 4.31. The molecular formula is C22H18N2O9. The highest BCUT2D eigenvalue weighted by atomic mass is 16.7. The number of cyclic esters (lactones) is 2. The number of anilines is 1. The van der Waals surface area contributed by atoms with Gasteiger partial charge >= 0.3 is 17.9 Å². The van der Waals surface area contributed by atoms with Gasteiger partial charge in [-0.1, -0.05) is 18.2 Å². The van der Waals surface area contributed by atoms with E-state index in [4.69, 9.17) is 14.2 Å². The summed E-state index contributed by atoms with van der Waals surface area (Å²) in [5, 5.41) is 13.5.